The van der Waals surface area contributed by atoms with E-state index in [1.54, 1.807) is 0 Å². The Labute approximate surface area is 112 Å². The van der Waals surface area contributed by atoms with E-state index in [9.17, 15) is 9.18 Å². The third-order valence-corrected chi connectivity index (χ3v) is 4.00. The molecule has 0 spiro atoms. The molecule has 0 bridgehead atoms. The van der Waals surface area contributed by atoms with Crippen molar-refractivity contribution in [1.29, 1.82) is 0 Å². The maximum atomic E-state index is 13.2. The van der Waals surface area contributed by atoms with Crippen LogP contribution in [0.15, 0.2) is 18.2 Å². The van der Waals surface area contributed by atoms with Crippen LogP contribution in [0.25, 0.3) is 0 Å². The van der Waals surface area contributed by atoms with E-state index in [4.69, 9.17) is 11.6 Å². The van der Waals surface area contributed by atoms with Crippen molar-refractivity contribution in [2.45, 2.75) is 26.2 Å². The van der Waals surface area contributed by atoms with E-state index >= 15 is 0 Å². The Morgan fingerprint density at radius 3 is 3.00 bits per heavy atom. The van der Waals surface area contributed by atoms with Crippen LogP contribution in [0.1, 0.15) is 25.3 Å². The second kappa shape index (κ2) is 5.37. The van der Waals surface area contributed by atoms with Crippen molar-refractivity contribution in [3.63, 3.8) is 0 Å². The molecule has 0 saturated carbocycles. The molecule has 1 heterocycles. The van der Waals surface area contributed by atoms with Crippen molar-refractivity contribution in [1.82, 2.24) is 5.32 Å². The molecule has 2 rings (SSSR count). The van der Waals surface area contributed by atoms with Gasteiger partial charge in [-0.2, -0.15) is 0 Å². The zero-order valence-corrected chi connectivity index (χ0v) is 11.2. The Kier molecular flexibility index (Phi) is 4.03. The van der Waals surface area contributed by atoms with Gasteiger partial charge in [-0.1, -0.05) is 18.5 Å². The molecule has 1 aliphatic heterocycles. The first kappa shape index (κ1) is 13.5. The molecular formula is C14H17ClFNO. The van der Waals surface area contributed by atoms with E-state index in [2.05, 4.69) is 5.32 Å². The van der Waals surface area contributed by atoms with Crippen LogP contribution in [-0.4, -0.2) is 18.9 Å². The molecule has 1 unspecified atom stereocenters. The van der Waals surface area contributed by atoms with Gasteiger partial charge in [-0.3, -0.25) is 4.79 Å². The van der Waals surface area contributed by atoms with Crippen molar-refractivity contribution in [3.05, 3.63) is 34.6 Å². The van der Waals surface area contributed by atoms with Gasteiger partial charge in [0.2, 0.25) is 0 Å². The summed E-state index contributed by atoms with van der Waals surface area (Å²) >= 11 is 5.99. The lowest BCUT2D eigenvalue weighted by Gasteiger charge is -2.32. The first-order chi connectivity index (χ1) is 8.51. The van der Waals surface area contributed by atoms with E-state index in [1.807, 2.05) is 6.92 Å². The average molecular weight is 270 g/mol. The minimum Gasteiger partial charge on any atom is -0.316 e. The number of piperidine rings is 1. The standard InChI is InChI=1S/C14H17ClFNO/c1-14(5-2-6-17-9-14)13(18)8-10-7-11(16)3-4-12(10)15/h3-4,7,17H,2,5-6,8-9H2,1H3. The average Bonchev–Trinajstić information content (AvgIpc) is 2.35. The molecule has 0 aromatic heterocycles. The number of hydrogen-bond donors (Lipinski definition) is 1. The summed E-state index contributed by atoms with van der Waals surface area (Å²) in [5.74, 6) is -0.226. The van der Waals surface area contributed by atoms with Crippen LogP contribution in [0.2, 0.25) is 5.02 Å². The molecule has 1 aliphatic rings. The second-order valence-corrected chi connectivity index (χ2v) is 5.58. The van der Waals surface area contributed by atoms with E-state index in [0.717, 1.165) is 19.4 Å². The predicted molar refractivity (Wildman–Crippen MR) is 70.3 cm³/mol. The molecule has 1 saturated heterocycles. The fourth-order valence-corrected chi connectivity index (χ4v) is 2.54. The zero-order valence-electron chi connectivity index (χ0n) is 10.4. The summed E-state index contributed by atoms with van der Waals surface area (Å²) in [6, 6.07) is 4.15. The highest BCUT2D eigenvalue weighted by Gasteiger charge is 2.34. The smallest absolute Gasteiger partial charge is 0.144 e. The van der Waals surface area contributed by atoms with Gasteiger partial charge in [0.1, 0.15) is 11.6 Å². The van der Waals surface area contributed by atoms with Gasteiger partial charge in [-0.15, -0.1) is 0 Å². The third kappa shape index (κ3) is 2.90. The number of carbonyl (C=O) groups is 1. The summed E-state index contributed by atoms with van der Waals surface area (Å²) in [5, 5.41) is 3.70. The van der Waals surface area contributed by atoms with Gasteiger partial charge in [0, 0.05) is 23.4 Å². The highest BCUT2D eigenvalue weighted by atomic mass is 35.5. The Balaban J connectivity index is 2.13. The van der Waals surface area contributed by atoms with Crippen LogP contribution in [0.3, 0.4) is 0 Å². The quantitative estimate of drug-likeness (QED) is 0.914. The van der Waals surface area contributed by atoms with E-state index in [1.165, 1.54) is 18.2 Å². The van der Waals surface area contributed by atoms with Crippen molar-refractivity contribution in [3.8, 4) is 0 Å². The number of halogens is 2. The van der Waals surface area contributed by atoms with Crippen LogP contribution >= 0.6 is 11.6 Å². The number of carbonyl (C=O) groups excluding carboxylic acids is 1. The van der Waals surface area contributed by atoms with E-state index < -0.39 is 0 Å². The fraction of sp³-hybridized carbons (Fsp3) is 0.500. The molecule has 98 valence electrons. The fourth-order valence-electron chi connectivity index (χ4n) is 2.36. The van der Waals surface area contributed by atoms with Crippen molar-refractivity contribution < 1.29 is 9.18 Å². The Hall–Kier alpha value is -0.930. The second-order valence-electron chi connectivity index (χ2n) is 5.18. The number of rotatable bonds is 3. The normalized spacial score (nSPS) is 23.9. The Morgan fingerprint density at radius 1 is 1.56 bits per heavy atom. The molecular weight excluding hydrogens is 253 g/mol. The number of Topliss-reactive ketones (excluding diaryl/α,β-unsaturated/α-hetero) is 1. The first-order valence-electron chi connectivity index (χ1n) is 6.19. The van der Waals surface area contributed by atoms with E-state index in [-0.39, 0.29) is 23.4 Å². The molecule has 4 heteroatoms. The maximum absolute atomic E-state index is 13.2. The van der Waals surface area contributed by atoms with Crippen LogP contribution < -0.4 is 5.32 Å². The minimum atomic E-state index is -0.353. The molecule has 1 aromatic carbocycles. The molecule has 18 heavy (non-hydrogen) atoms. The Bertz CT molecular complexity index is 455. The van der Waals surface area contributed by atoms with Gasteiger partial charge in [0.25, 0.3) is 0 Å². The van der Waals surface area contributed by atoms with Crippen LogP contribution in [0.4, 0.5) is 4.39 Å². The van der Waals surface area contributed by atoms with Crippen LogP contribution in [0.5, 0.6) is 0 Å². The van der Waals surface area contributed by atoms with Crippen LogP contribution in [0, 0.1) is 11.2 Å². The van der Waals surface area contributed by atoms with Gasteiger partial charge in [-0.05, 0) is 43.1 Å². The molecule has 0 amide bonds. The monoisotopic (exact) mass is 269 g/mol. The summed E-state index contributed by atoms with van der Waals surface area (Å²) in [6.07, 6.45) is 2.08. The third-order valence-electron chi connectivity index (χ3n) is 3.63. The topological polar surface area (TPSA) is 29.1 Å². The number of ketones is 1. The van der Waals surface area contributed by atoms with Gasteiger partial charge < -0.3 is 5.32 Å². The summed E-state index contributed by atoms with van der Waals surface area (Å²) in [7, 11) is 0. The van der Waals surface area contributed by atoms with Gasteiger partial charge in [0.15, 0.2) is 0 Å². The van der Waals surface area contributed by atoms with Crippen molar-refractivity contribution in [2.24, 2.45) is 5.41 Å². The lowest BCUT2D eigenvalue weighted by atomic mass is 9.77. The molecule has 2 nitrogen and oxygen atoms in total. The zero-order chi connectivity index (χ0) is 13.2. The number of hydrogen-bond acceptors (Lipinski definition) is 2. The predicted octanol–water partition coefficient (Wildman–Crippen LogP) is 2.98. The molecule has 1 aromatic rings. The summed E-state index contributed by atoms with van der Waals surface area (Å²) in [6.45, 7) is 3.62. The largest absolute Gasteiger partial charge is 0.316 e. The number of benzene rings is 1. The molecule has 1 atom stereocenters. The van der Waals surface area contributed by atoms with Gasteiger partial charge >= 0.3 is 0 Å². The highest BCUT2D eigenvalue weighted by Crippen LogP contribution is 2.29. The first-order valence-corrected chi connectivity index (χ1v) is 6.57. The SMILES string of the molecule is CC1(C(=O)Cc2cc(F)ccc2Cl)CCCNC1. The molecule has 0 aliphatic carbocycles. The number of nitrogens with one attached hydrogen (secondary N) is 1. The van der Waals surface area contributed by atoms with Gasteiger partial charge in [0.05, 0.1) is 0 Å². The Morgan fingerprint density at radius 2 is 2.33 bits per heavy atom. The lowest BCUT2D eigenvalue weighted by Crippen LogP contribution is -2.44. The van der Waals surface area contributed by atoms with Gasteiger partial charge in [-0.25, -0.2) is 4.39 Å². The van der Waals surface area contributed by atoms with Crippen molar-refractivity contribution >= 4 is 17.4 Å². The lowest BCUT2D eigenvalue weighted by molar-refractivity contribution is -0.128. The van der Waals surface area contributed by atoms with E-state index in [0.29, 0.717) is 17.1 Å². The van der Waals surface area contributed by atoms with Crippen LogP contribution in [-0.2, 0) is 11.2 Å². The molecule has 0 radical (unpaired) electrons. The van der Waals surface area contributed by atoms with Crippen molar-refractivity contribution in [2.75, 3.05) is 13.1 Å². The summed E-state index contributed by atoms with van der Waals surface area (Å²) in [4.78, 5) is 12.3. The highest BCUT2D eigenvalue weighted by molar-refractivity contribution is 6.31. The molecule has 1 N–H and O–H groups in total. The maximum Gasteiger partial charge on any atom is 0.144 e. The summed E-state index contributed by atoms with van der Waals surface area (Å²) < 4.78 is 13.2. The summed E-state index contributed by atoms with van der Waals surface area (Å²) in [5.41, 5.74) is 0.224. The molecule has 1 fully saturated rings. The minimum absolute atomic E-state index is 0.127.